The highest BCUT2D eigenvalue weighted by atomic mass is 16.4. The summed E-state index contributed by atoms with van der Waals surface area (Å²) in [6.45, 7) is 4.10. The van der Waals surface area contributed by atoms with E-state index in [0.717, 1.165) is 11.7 Å². The number of hydrogen-bond donors (Lipinski definition) is 1. The van der Waals surface area contributed by atoms with E-state index in [4.69, 9.17) is 10.2 Å². The van der Waals surface area contributed by atoms with Crippen LogP contribution in [-0.2, 0) is 0 Å². The summed E-state index contributed by atoms with van der Waals surface area (Å²) < 4.78 is 5.56. The van der Waals surface area contributed by atoms with E-state index in [9.17, 15) is 0 Å². The molecule has 72 valence electrons. The van der Waals surface area contributed by atoms with Crippen LogP contribution in [0.25, 0.3) is 0 Å². The smallest absolute Gasteiger partial charge is 0.211 e. The molecule has 1 aliphatic rings. The average molecular weight is 180 g/mol. The SMILES string of the molecule is CC[C@@H]1C[C@H]1c1cnc(C(C)N)o1. The van der Waals surface area contributed by atoms with Crippen molar-refractivity contribution >= 4 is 0 Å². The molecule has 1 aliphatic carbocycles. The summed E-state index contributed by atoms with van der Waals surface area (Å²) in [7, 11) is 0. The molecular weight excluding hydrogens is 164 g/mol. The van der Waals surface area contributed by atoms with Crippen LogP contribution >= 0.6 is 0 Å². The molecule has 0 amide bonds. The molecule has 13 heavy (non-hydrogen) atoms. The van der Waals surface area contributed by atoms with E-state index >= 15 is 0 Å². The molecule has 1 unspecified atom stereocenters. The van der Waals surface area contributed by atoms with Gasteiger partial charge in [-0.2, -0.15) is 0 Å². The van der Waals surface area contributed by atoms with Crippen LogP contribution in [0.3, 0.4) is 0 Å². The van der Waals surface area contributed by atoms with Gasteiger partial charge in [0.05, 0.1) is 12.2 Å². The fourth-order valence-electron chi connectivity index (χ4n) is 1.73. The van der Waals surface area contributed by atoms with Crippen LogP contribution in [-0.4, -0.2) is 4.98 Å². The summed E-state index contributed by atoms with van der Waals surface area (Å²) in [4.78, 5) is 4.15. The normalized spacial score (nSPS) is 28.8. The fraction of sp³-hybridized carbons (Fsp3) is 0.700. The molecule has 1 aromatic rings. The molecule has 1 heterocycles. The van der Waals surface area contributed by atoms with Gasteiger partial charge in [0.25, 0.3) is 0 Å². The molecule has 0 aliphatic heterocycles. The Labute approximate surface area is 78.3 Å². The van der Waals surface area contributed by atoms with E-state index in [-0.39, 0.29) is 6.04 Å². The van der Waals surface area contributed by atoms with Crippen molar-refractivity contribution in [2.75, 3.05) is 0 Å². The van der Waals surface area contributed by atoms with Gasteiger partial charge in [-0.15, -0.1) is 0 Å². The number of rotatable bonds is 3. The minimum atomic E-state index is -0.0902. The highest BCUT2D eigenvalue weighted by Crippen LogP contribution is 2.49. The summed E-state index contributed by atoms with van der Waals surface area (Å²) in [6, 6.07) is -0.0902. The maximum absolute atomic E-state index is 5.66. The Hall–Kier alpha value is -0.830. The number of hydrogen-bond acceptors (Lipinski definition) is 3. The van der Waals surface area contributed by atoms with Gasteiger partial charge in [0, 0.05) is 5.92 Å². The van der Waals surface area contributed by atoms with Crippen molar-refractivity contribution in [2.45, 2.75) is 38.6 Å². The maximum Gasteiger partial charge on any atom is 0.211 e. The van der Waals surface area contributed by atoms with Crippen LogP contribution < -0.4 is 5.73 Å². The van der Waals surface area contributed by atoms with Crippen molar-refractivity contribution in [3.05, 3.63) is 17.8 Å². The molecule has 0 bridgehead atoms. The van der Waals surface area contributed by atoms with Gasteiger partial charge in [-0.05, 0) is 19.3 Å². The molecule has 3 atom stereocenters. The molecular formula is C10H16N2O. The maximum atomic E-state index is 5.66. The van der Waals surface area contributed by atoms with E-state index in [0.29, 0.717) is 11.8 Å². The molecule has 3 heteroatoms. The van der Waals surface area contributed by atoms with E-state index < -0.39 is 0 Å². The third kappa shape index (κ3) is 1.61. The van der Waals surface area contributed by atoms with E-state index in [1.54, 1.807) is 0 Å². The number of nitrogens with two attached hydrogens (primary N) is 1. The second-order valence-corrected chi connectivity index (χ2v) is 3.90. The van der Waals surface area contributed by atoms with Crippen LogP contribution in [0.15, 0.2) is 10.6 Å². The Kier molecular flexibility index (Phi) is 2.12. The van der Waals surface area contributed by atoms with Crippen molar-refractivity contribution in [1.29, 1.82) is 0 Å². The van der Waals surface area contributed by atoms with Crippen molar-refractivity contribution < 1.29 is 4.42 Å². The van der Waals surface area contributed by atoms with Crippen molar-refractivity contribution in [3.8, 4) is 0 Å². The summed E-state index contributed by atoms with van der Waals surface area (Å²) in [5, 5.41) is 0. The second kappa shape index (κ2) is 3.14. The first-order valence-corrected chi connectivity index (χ1v) is 4.93. The van der Waals surface area contributed by atoms with E-state index in [1.165, 1.54) is 12.8 Å². The standard InChI is InChI=1S/C10H16N2O/c1-3-7-4-8(7)9-5-12-10(13-9)6(2)11/h5-8H,3-4,11H2,1-2H3/t6?,7-,8-/m1/s1. The lowest BCUT2D eigenvalue weighted by Crippen LogP contribution is -2.04. The molecule has 1 saturated carbocycles. The van der Waals surface area contributed by atoms with Crippen LogP contribution in [0.5, 0.6) is 0 Å². The summed E-state index contributed by atoms with van der Waals surface area (Å²) in [5.41, 5.74) is 5.66. The van der Waals surface area contributed by atoms with Gasteiger partial charge in [-0.3, -0.25) is 0 Å². The van der Waals surface area contributed by atoms with E-state index in [1.807, 2.05) is 13.1 Å². The Balaban J connectivity index is 2.07. The number of aromatic nitrogens is 1. The lowest BCUT2D eigenvalue weighted by molar-refractivity contribution is 0.426. The van der Waals surface area contributed by atoms with Gasteiger partial charge < -0.3 is 10.2 Å². The summed E-state index contributed by atoms with van der Waals surface area (Å²) >= 11 is 0. The minimum Gasteiger partial charge on any atom is -0.444 e. The van der Waals surface area contributed by atoms with Crippen molar-refractivity contribution in [3.63, 3.8) is 0 Å². The zero-order valence-electron chi connectivity index (χ0n) is 8.16. The fourth-order valence-corrected chi connectivity index (χ4v) is 1.73. The molecule has 0 aromatic carbocycles. The highest BCUT2D eigenvalue weighted by Gasteiger charge is 2.39. The van der Waals surface area contributed by atoms with Gasteiger partial charge >= 0.3 is 0 Å². The largest absolute Gasteiger partial charge is 0.444 e. The summed E-state index contributed by atoms with van der Waals surface area (Å²) in [6.07, 6.45) is 4.32. The van der Waals surface area contributed by atoms with Crippen molar-refractivity contribution in [2.24, 2.45) is 11.7 Å². The van der Waals surface area contributed by atoms with E-state index in [2.05, 4.69) is 11.9 Å². The topological polar surface area (TPSA) is 52.0 Å². The Morgan fingerprint density at radius 1 is 1.77 bits per heavy atom. The van der Waals surface area contributed by atoms with Gasteiger partial charge in [0.15, 0.2) is 0 Å². The summed E-state index contributed by atoms with van der Waals surface area (Å²) in [5.74, 6) is 3.12. The van der Waals surface area contributed by atoms with Gasteiger partial charge in [-0.1, -0.05) is 13.3 Å². The van der Waals surface area contributed by atoms with Crippen LogP contribution in [0.2, 0.25) is 0 Å². The predicted molar refractivity (Wildman–Crippen MR) is 50.2 cm³/mol. The Morgan fingerprint density at radius 3 is 3.00 bits per heavy atom. The molecule has 0 saturated heterocycles. The molecule has 0 radical (unpaired) electrons. The first-order chi connectivity index (χ1) is 6.22. The zero-order chi connectivity index (χ0) is 9.42. The van der Waals surface area contributed by atoms with Crippen LogP contribution in [0, 0.1) is 5.92 Å². The second-order valence-electron chi connectivity index (χ2n) is 3.90. The first kappa shape index (κ1) is 8.75. The number of nitrogens with zero attached hydrogens (tertiary/aromatic N) is 1. The van der Waals surface area contributed by atoms with Crippen LogP contribution in [0.1, 0.15) is 50.3 Å². The monoisotopic (exact) mass is 180 g/mol. The molecule has 1 fully saturated rings. The molecule has 2 N–H and O–H groups in total. The Morgan fingerprint density at radius 2 is 2.54 bits per heavy atom. The molecule has 1 aromatic heterocycles. The number of oxazole rings is 1. The average Bonchev–Trinajstić information content (AvgIpc) is 2.73. The van der Waals surface area contributed by atoms with Gasteiger partial charge in [-0.25, -0.2) is 4.98 Å². The molecule has 0 spiro atoms. The lowest BCUT2D eigenvalue weighted by Gasteiger charge is -1.96. The quantitative estimate of drug-likeness (QED) is 0.775. The first-order valence-electron chi connectivity index (χ1n) is 4.93. The highest BCUT2D eigenvalue weighted by molar-refractivity contribution is 5.13. The minimum absolute atomic E-state index is 0.0902. The predicted octanol–water partition coefficient (Wildman–Crippen LogP) is 2.21. The third-order valence-electron chi connectivity index (χ3n) is 2.74. The zero-order valence-corrected chi connectivity index (χ0v) is 8.16. The van der Waals surface area contributed by atoms with Crippen LogP contribution in [0.4, 0.5) is 0 Å². The van der Waals surface area contributed by atoms with Gasteiger partial charge in [0.2, 0.25) is 5.89 Å². The third-order valence-corrected chi connectivity index (χ3v) is 2.74. The van der Waals surface area contributed by atoms with Crippen molar-refractivity contribution in [1.82, 2.24) is 4.98 Å². The Bertz CT molecular complexity index is 293. The van der Waals surface area contributed by atoms with Gasteiger partial charge in [0.1, 0.15) is 5.76 Å². The molecule has 3 nitrogen and oxygen atoms in total. The lowest BCUT2D eigenvalue weighted by atomic mass is 10.2. The molecule has 2 rings (SSSR count).